The lowest BCUT2D eigenvalue weighted by Crippen LogP contribution is -1.98. The minimum absolute atomic E-state index is 0.0690. The third-order valence-corrected chi connectivity index (χ3v) is 4.09. The van der Waals surface area contributed by atoms with E-state index in [0.717, 1.165) is 18.1 Å². The number of rotatable bonds is 3. The third-order valence-electron chi connectivity index (χ3n) is 2.54. The Balaban J connectivity index is 2.48. The summed E-state index contributed by atoms with van der Waals surface area (Å²) in [4.78, 5) is 0.0690. The number of allylic oxidation sites excluding steroid dienone is 1. The Labute approximate surface area is 93.7 Å². The molecule has 1 aliphatic rings. The van der Waals surface area contributed by atoms with E-state index < -0.39 is 15.7 Å². The van der Waals surface area contributed by atoms with Crippen LogP contribution >= 0.6 is 0 Å². The maximum atomic E-state index is 13.0. The molecule has 0 amide bonds. The van der Waals surface area contributed by atoms with Gasteiger partial charge in [0.15, 0.2) is 0 Å². The van der Waals surface area contributed by atoms with Gasteiger partial charge in [0.2, 0.25) is 9.84 Å². The summed E-state index contributed by atoms with van der Waals surface area (Å²) in [5.74, 6) is -0.532. The summed E-state index contributed by atoms with van der Waals surface area (Å²) in [5, 5.41) is 1.22. The smallest absolute Gasteiger partial charge is 0.200 e. The van der Waals surface area contributed by atoms with Gasteiger partial charge in [-0.05, 0) is 42.7 Å². The van der Waals surface area contributed by atoms with Gasteiger partial charge in [0.25, 0.3) is 0 Å². The van der Waals surface area contributed by atoms with E-state index in [-0.39, 0.29) is 4.90 Å². The Morgan fingerprint density at radius 2 is 2.06 bits per heavy atom. The van der Waals surface area contributed by atoms with Gasteiger partial charge >= 0.3 is 0 Å². The second-order valence-electron chi connectivity index (χ2n) is 3.72. The van der Waals surface area contributed by atoms with Crippen LogP contribution in [0.2, 0.25) is 0 Å². The molecule has 0 atom stereocenters. The summed E-state index contributed by atoms with van der Waals surface area (Å²) >= 11 is 0. The SMILES string of the molecule is NCCCC1=CS(=O)(=O)c2cc(F)ccc21. The first-order chi connectivity index (χ1) is 7.54. The van der Waals surface area contributed by atoms with Gasteiger partial charge in [-0.1, -0.05) is 6.07 Å². The van der Waals surface area contributed by atoms with E-state index in [4.69, 9.17) is 5.73 Å². The van der Waals surface area contributed by atoms with Crippen LogP contribution in [0.5, 0.6) is 0 Å². The summed E-state index contributed by atoms with van der Waals surface area (Å²) in [5.41, 5.74) is 6.71. The Morgan fingerprint density at radius 3 is 2.75 bits per heavy atom. The molecule has 0 aromatic heterocycles. The van der Waals surface area contributed by atoms with Crippen LogP contribution in [-0.2, 0) is 9.84 Å². The highest BCUT2D eigenvalue weighted by Crippen LogP contribution is 2.35. The average Bonchev–Trinajstić information content (AvgIpc) is 2.48. The molecule has 2 N–H and O–H groups in total. The molecule has 1 aliphatic heterocycles. The van der Waals surface area contributed by atoms with Crippen LogP contribution in [0.15, 0.2) is 28.5 Å². The number of fused-ring (bicyclic) bond motifs is 1. The van der Waals surface area contributed by atoms with Gasteiger partial charge in [0.1, 0.15) is 5.82 Å². The van der Waals surface area contributed by atoms with Crippen molar-refractivity contribution in [2.45, 2.75) is 17.7 Å². The minimum Gasteiger partial charge on any atom is -0.330 e. The van der Waals surface area contributed by atoms with Crippen molar-refractivity contribution in [3.05, 3.63) is 35.0 Å². The fraction of sp³-hybridized carbons (Fsp3) is 0.273. The molecule has 0 saturated carbocycles. The van der Waals surface area contributed by atoms with Crippen LogP contribution in [0.25, 0.3) is 5.57 Å². The zero-order valence-corrected chi connectivity index (χ0v) is 9.43. The van der Waals surface area contributed by atoms with Crippen molar-refractivity contribution in [3.8, 4) is 0 Å². The van der Waals surface area contributed by atoms with Gasteiger partial charge in [0.05, 0.1) is 4.90 Å². The van der Waals surface area contributed by atoms with Crippen molar-refractivity contribution in [1.82, 2.24) is 0 Å². The molecule has 0 spiro atoms. The normalized spacial score (nSPS) is 17.0. The molecule has 1 aromatic carbocycles. The third kappa shape index (κ3) is 1.88. The van der Waals surface area contributed by atoms with Crippen molar-refractivity contribution >= 4 is 15.4 Å². The molecule has 0 bridgehead atoms. The van der Waals surface area contributed by atoms with Crippen molar-refractivity contribution in [1.29, 1.82) is 0 Å². The minimum atomic E-state index is -3.45. The number of hydrogen-bond acceptors (Lipinski definition) is 3. The van der Waals surface area contributed by atoms with Gasteiger partial charge in [-0.2, -0.15) is 0 Å². The standard InChI is InChI=1S/C11H12FNO2S/c12-9-3-4-10-8(2-1-5-13)7-16(14,15)11(10)6-9/h3-4,6-7H,1-2,5,13H2. The molecule has 1 heterocycles. The van der Waals surface area contributed by atoms with E-state index in [2.05, 4.69) is 0 Å². The lowest BCUT2D eigenvalue weighted by Gasteiger charge is -2.03. The first-order valence-corrected chi connectivity index (χ1v) is 6.55. The lowest BCUT2D eigenvalue weighted by atomic mass is 10.0. The van der Waals surface area contributed by atoms with E-state index in [1.807, 2.05) is 0 Å². The molecule has 5 heteroatoms. The van der Waals surface area contributed by atoms with Crippen LogP contribution in [-0.4, -0.2) is 15.0 Å². The second kappa shape index (κ2) is 3.99. The molecule has 2 rings (SSSR count). The van der Waals surface area contributed by atoms with Crippen LogP contribution in [0.1, 0.15) is 18.4 Å². The van der Waals surface area contributed by atoms with Gasteiger partial charge in [-0.3, -0.25) is 0 Å². The fourth-order valence-electron chi connectivity index (χ4n) is 1.80. The van der Waals surface area contributed by atoms with Crippen LogP contribution in [0.4, 0.5) is 4.39 Å². The number of benzene rings is 1. The lowest BCUT2D eigenvalue weighted by molar-refractivity contribution is 0.599. The van der Waals surface area contributed by atoms with Crippen LogP contribution in [0.3, 0.4) is 0 Å². The summed E-state index contributed by atoms with van der Waals surface area (Å²) in [6, 6.07) is 3.85. The number of halogens is 1. The van der Waals surface area contributed by atoms with E-state index in [1.165, 1.54) is 17.5 Å². The van der Waals surface area contributed by atoms with Gasteiger partial charge in [-0.25, -0.2) is 12.8 Å². The summed E-state index contributed by atoms with van der Waals surface area (Å²) < 4.78 is 36.4. The molecule has 0 fully saturated rings. The van der Waals surface area contributed by atoms with Crippen molar-refractivity contribution in [2.24, 2.45) is 5.73 Å². The maximum Gasteiger partial charge on any atom is 0.200 e. The topological polar surface area (TPSA) is 60.2 Å². The van der Waals surface area contributed by atoms with Crippen LogP contribution < -0.4 is 5.73 Å². The molecular weight excluding hydrogens is 229 g/mol. The predicted octanol–water partition coefficient (Wildman–Crippen LogP) is 1.69. The molecule has 0 radical (unpaired) electrons. The molecule has 3 nitrogen and oxygen atoms in total. The largest absolute Gasteiger partial charge is 0.330 e. The Bertz CT molecular complexity index is 549. The molecule has 86 valence electrons. The van der Waals surface area contributed by atoms with Crippen molar-refractivity contribution < 1.29 is 12.8 Å². The molecule has 1 aromatic rings. The summed E-state index contributed by atoms with van der Waals surface area (Å²) in [6.07, 6.45) is 1.33. The maximum absolute atomic E-state index is 13.0. The Morgan fingerprint density at radius 1 is 1.31 bits per heavy atom. The van der Waals surface area contributed by atoms with E-state index in [9.17, 15) is 12.8 Å². The first-order valence-electron chi connectivity index (χ1n) is 5.00. The highest BCUT2D eigenvalue weighted by molar-refractivity contribution is 7.95. The van der Waals surface area contributed by atoms with Crippen LogP contribution in [0, 0.1) is 5.82 Å². The number of nitrogens with two attached hydrogens (primary N) is 1. The molecule has 0 aliphatic carbocycles. The number of sulfone groups is 1. The zero-order valence-electron chi connectivity index (χ0n) is 8.61. The number of hydrogen-bond donors (Lipinski definition) is 1. The van der Waals surface area contributed by atoms with Gasteiger partial charge in [-0.15, -0.1) is 0 Å². The van der Waals surface area contributed by atoms with Crippen molar-refractivity contribution in [3.63, 3.8) is 0 Å². The molecular formula is C11H12FNO2S. The Hall–Kier alpha value is -1.20. The zero-order chi connectivity index (χ0) is 11.8. The monoisotopic (exact) mass is 241 g/mol. The van der Waals surface area contributed by atoms with Gasteiger partial charge in [0, 0.05) is 5.41 Å². The van der Waals surface area contributed by atoms with Crippen molar-refractivity contribution in [2.75, 3.05) is 6.54 Å². The Kier molecular flexibility index (Phi) is 2.82. The summed E-state index contributed by atoms with van der Waals surface area (Å²) in [7, 11) is -3.45. The summed E-state index contributed by atoms with van der Waals surface area (Å²) in [6.45, 7) is 0.508. The highest BCUT2D eigenvalue weighted by atomic mass is 32.2. The second-order valence-corrected chi connectivity index (χ2v) is 5.49. The van der Waals surface area contributed by atoms with E-state index >= 15 is 0 Å². The fourth-order valence-corrected chi connectivity index (χ4v) is 3.33. The van der Waals surface area contributed by atoms with E-state index in [0.29, 0.717) is 18.5 Å². The molecule has 16 heavy (non-hydrogen) atoms. The predicted molar refractivity (Wildman–Crippen MR) is 59.9 cm³/mol. The van der Waals surface area contributed by atoms with Gasteiger partial charge < -0.3 is 5.73 Å². The van der Waals surface area contributed by atoms with E-state index in [1.54, 1.807) is 0 Å². The average molecular weight is 241 g/mol. The quantitative estimate of drug-likeness (QED) is 0.876. The highest BCUT2D eigenvalue weighted by Gasteiger charge is 2.26. The molecule has 0 saturated heterocycles. The first kappa shape index (κ1) is 11.3. The molecule has 0 unspecified atom stereocenters.